The van der Waals surface area contributed by atoms with Crippen LogP contribution in [0.15, 0.2) is 35.4 Å². The normalized spacial score (nSPS) is 13.3. The van der Waals surface area contributed by atoms with Gasteiger partial charge in [0.05, 0.1) is 39.1 Å². The zero-order chi connectivity index (χ0) is 20.6. The van der Waals surface area contributed by atoms with Crippen molar-refractivity contribution in [1.29, 1.82) is 0 Å². The van der Waals surface area contributed by atoms with Crippen LogP contribution in [-0.4, -0.2) is 31.5 Å². The fraction of sp³-hybridized carbons (Fsp3) is 0.250. The van der Waals surface area contributed by atoms with Gasteiger partial charge in [0, 0.05) is 17.5 Å². The van der Waals surface area contributed by atoms with Crippen LogP contribution in [0.5, 0.6) is 0 Å². The Morgan fingerprint density at radius 2 is 1.93 bits per heavy atom. The Balaban J connectivity index is 2.11. The highest BCUT2D eigenvalue weighted by atomic mass is 32.2. The van der Waals surface area contributed by atoms with E-state index in [9.17, 15) is 18.5 Å². The summed E-state index contributed by atoms with van der Waals surface area (Å²) in [5.41, 5.74) is 3.78. The monoisotopic (exact) mass is 401 g/mol. The van der Waals surface area contributed by atoms with E-state index in [0.717, 1.165) is 17.2 Å². The lowest BCUT2D eigenvalue weighted by atomic mass is 10.0. The predicted molar refractivity (Wildman–Crippen MR) is 107 cm³/mol. The van der Waals surface area contributed by atoms with E-state index < -0.39 is 22.6 Å². The minimum Gasteiger partial charge on any atom is -0.478 e. The number of aromatic carboxylic acids is 1. The minimum atomic E-state index is -1.29. The molecule has 1 aromatic heterocycles. The van der Waals surface area contributed by atoms with Gasteiger partial charge in [0.2, 0.25) is 0 Å². The number of fused-ring (bicyclic) bond motifs is 1. The molecule has 0 bridgehead atoms. The Kier molecular flexibility index (Phi) is 5.42. The molecule has 0 amide bonds. The first kappa shape index (κ1) is 19.9. The molecule has 146 valence electrons. The van der Waals surface area contributed by atoms with Crippen LogP contribution in [0.25, 0.3) is 11.0 Å². The van der Waals surface area contributed by atoms with Crippen molar-refractivity contribution in [3.05, 3.63) is 58.5 Å². The molecule has 0 saturated heterocycles. The molecule has 0 spiro atoms. The van der Waals surface area contributed by atoms with Gasteiger partial charge in [0.15, 0.2) is 0 Å². The van der Waals surface area contributed by atoms with Gasteiger partial charge in [-0.05, 0) is 50.6 Å². The Morgan fingerprint density at radius 1 is 1.21 bits per heavy atom. The summed E-state index contributed by atoms with van der Waals surface area (Å²) in [5, 5.41) is 12.9. The zero-order valence-electron chi connectivity index (χ0n) is 15.9. The van der Waals surface area contributed by atoms with Gasteiger partial charge in [-0.2, -0.15) is 0 Å². The molecule has 6 nitrogen and oxygen atoms in total. The lowest BCUT2D eigenvalue weighted by molar-refractivity contribution is 0.0697. The van der Waals surface area contributed by atoms with Gasteiger partial charge in [0.1, 0.15) is 10.8 Å². The molecular weight excluding hydrogens is 381 g/mol. The summed E-state index contributed by atoms with van der Waals surface area (Å²) in [4.78, 5) is 20.6. The van der Waals surface area contributed by atoms with Gasteiger partial charge in [0.25, 0.3) is 0 Å². The highest BCUT2D eigenvalue weighted by Crippen LogP contribution is 2.29. The van der Waals surface area contributed by atoms with Crippen molar-refractivity contribution in [2.45, 2.75) is 31.8 Å². The molecule has 0 aliphatic rings. The summed E-state index contributed by atoms with van der Waals surface area (Å²) in [6, 6.07) is 7.06. The molecule has 3 aromatic rings. The number of carboxylic acids is 1. The zero-order valence-corrected chi connectivity index (χ0v) is 16.7. The highest BCUT2D eigenvalue weighted by molar-refractivity contribution is 7.84. The van der Waals surface area contributed by atoms with Crippen LogP contribution < -0.4 is 5.32 Å². The first-order valence-electron chi connectivity index (χ1n) is 8.59. The topological polar surface area (TPSA) is 92.2 Å². The standard InChI is InChI=1S/C20H20FN3O3S/c1-10-7-14(18-17(8-10)23-12(3)19(24-18)28(4)27)11(2)22-16-6-5-13(21)9-15(16)20(25)26/h5-9,11,22H,1-4H3,(H,25,26)/t11-,28?/m1/s1. The summed E-state index contributed by atoms with van der Waals surface area (Å²) in [6.07, 6.45) is 1.55. The number of rotatable bonds is 5. The molecule has 0 radical (unpaired) electrons. The Bertz CT molecular complexity index is 1120. The smallest absolute Gasteiger partial charge is 0.337 e. The largest absolute Gasteiger partial charge is 0.478 e. The fourth-order valence-electron chi connectivity index (χ4n) is 3.14. The molecule has 2 N–H and O–H groups in total. The van der Waals surface area contributed by atoms with Crippen molar-refractivity contribution < 1.29 is 18.5 Å². The van der Waals surface area contributed by atoms with Crippen molar-refractivity contribution in [2.24, 2.45) is 0 Å². The van der Waals surface area contributed by atoms with E-state index >= 15 is 0 Å². The van der Waals surface area contributed by atoms with E-state index in [0.29, 0.717) is 27.4 Å². The summed E-state index contributed by atoms with van der Waals surface area (Å²) in [6.45, 7) is 5.55. The third-order valence-electron chi connectivity index (χ3n) is 4.40. The van der Waals surface area contributed by atoms with Crippen molar-refractivity contribution >= 4 is 33.5 Å². The van der Waals surface area contributed by atoms with E-state index in [1.807, 2.05) is 26.0 Å². The molecule has 0 fully saturated rings. The third-order valence-corrected chi connectivity index (χ3v) is 5.33. The van der Waals surface area contributed by atoms with Crippen LogP contribution in [0.4, 0.5) is 10.1 Å². The van der Waals surface area contributed by atoms with Crippen molar-refractivity contribution in [3.8, 4) is 0 Å². The molecule has 0 saturated carbocycles. The van der Waals surface area contributed by atoms with E-state index in [-0.39, 0.29) is 11.6 Å². The quantitative estimate of drug-likeness (QED) is 0.671. The maximum absolute atomic E-state index is 13.4. The van der Waals surface area contributed by atoms with E-state index in [1.165, 1.54) is 12.1 Å². The lowest BCUT2D eigenvalue weighted by Crippen LogP contribution is -2.13. The SMILES string of the molecule is Cc1cc([C@@H](C)Nc2ccc(F)cc2C(=O)O)c2nc(S(C)=O)c(C)nc2c1. The van der Waals surface area contributed by atoms with Crippen LogP contribution in [0.1, 0.15) is 40.1 Å². The van der Waals surface area contributed by atoms with E-state index in [4.69, 9.17) is 0 Å². The number of hydrogen-bond donors (Lipinski definition) is 2. The molecule has 2 atom stereocenters. The van der Waals surface area contributed by atoms with Gasteiger partial charge in [-0.3, -0.25) is 4.21 Å². The number of benzene rings is 2. The van der Waals surface area contributed by atoms with Crippen molar-refractivity contribution in [1.82, 2.24) is 9.97 Å². The molecule has 0 aliphatic carbocycles. The van der Waals surface area contributed by atoms with E-state index in [2.05, 4.69) is 15.3 Å². The van der Waals surface area contributed by atoms with Crippen LogP contribution >= 0.6 is 0 Å². The van der Waals surface area contributed by atoms with Gasteiger partial charge in [-0.15, -0.1) is 0 Å². The number of nitrogens with one attached hydrogen (secondary N) is 1. The molecule has 1 unspecified atom stereocenters. The van der Waals surface area contributed by atoms with Crippen molar-refractivity contribution in [2.75, 3.05) is 11.6 Å². The molecule has 3 rings (SSSR count). The number of nitrogens with zero attached hydrogens (tertiary/aromatic N) is 2. The number of carbonyl (C=O) groups is 1. The Hall–Kier alpha value is -2.87. The predicted octanol–water partition coefficient (Wildman–Crippen LogP) is 3.99. The first-order valence-corrected chi connectivity index (χ1v) is 10.1. The number of carboxylic acid groups (broad SMARTS) is 1. The van der Waals surface area contributed by atoms with Crippen LogP contribution in [-0.2, 0) is 10.8 Å². The van der Waals surface area contributed by atoms with Gasteiger partial charge in [-0.25, -0.2) is 19.2 Å². The summed E-state index contributed by atoms with van der Waals surface area (Å²) in [5.74, 6) is -1.84. The molecule has 1 heterocycles. The molecule has 28 heavy (non-hydrogen) atoms. The van der Waals surface area contributed by atoms with Crippen LogP contribution in [0.3, 0.4) is 0 Å². The van der Waals surface area contributed by atoms with Crippen LogP contribution in [0.2, 0.25) is 0 Å². The lowest BCUT2D eigenvalue weighted by Gasteiger charge is -2.19. The number of anilines is 1. The number of aromatic nitrogens is 2. The minimum absolute atomic E-state index is 0.152. The summed E-state index contributed by atoms with van der Waals surface area (Å²) < 4.78 is 25.4. The average molecular weight is 401 g/mol. The average Bonchev–Trinajstić information content (AvgIpc) is 2.61. The Morgan fingerprint density at radius 3 is 2.57 bits per heavy atom. The third kappa shape index (κ3) is 3.87. The first-order chi connectivity index (χ1) is 13.2. The highest BCUT2D eigenvalue weighted by Gasteiger charge is 2.18. The second-order valence-electron chi connectivity index (χ2n) is 6.65. The molecular formula is C20H20FN3O3S. The van der Waals surface area contributed by atoms with Gasteiger partial charge < -0.3 is 10.4 Å². The maximum atomic E-state index is 13.4. The maximum Gasteiger partial charge on any atom is 0.337 e. The second-order valence-corrected chi connectivity index (χ2v) is 7.95. The second kappa shape index (κ2) is 7.63. The number of aryl methyl sites for hydroxylation is 2. The molecule has 0 aliphatic heterocycles. The van der Waals surface area contributed by atoms with Crippen LogP contribution in [0, 0.1) is 19.7 Å². The number of hydrogen-bond acceptors (Lipinski definition) is 5. The molecule has 2 aromatic carbocycles. The molecule has 8 heteroatoms. The Labute approximate surface area is 164 Å². The van der Waals surface area contributed by atoms with E-state index in [1.54, 1.807) is 13.2 Å². The summed E-state index contributed by atoms with van der Waals surface area (Å²) in [7, 11) is -1.29. The van der Waals surface area contributed by atoms with Crippen molar-refractivity contribution in [3.63, 3.8) is 0 Å². The van der Waals surface area contributed by atoms with Gasteiger partial charge in [-0.1, -0.05) is 6.07 Å². The number of halogens is 1. The fourth-order valence-corrected chi connectivity index (χ4v) is 3.82. The summed E-state index contributed by atoms with van der Waals surface area (Å²) >= 11 is 0. The van der Waals surface area contributed by atoms with Gasteiger partial charge >= 0.3 is 5.97 Å².